The Balaban J connectivity index is 2.08. The summed E-state index contributed by atoms with van der Waals surface area (Å²) in [5, 5.41) is 1.37. The molecule has 0 fully saturated rings. The number of carbonyl (C=O) groups is 2. The van der Waals surface area contributed by atoms with Gasteiger partial charge in [0.1, 0.15) is 21.4 Å². The zero-order valence-corrected chi connectivity index (χ0v) is 13.0. The van der Waals surface area contributed by atoms with Crippen LogP contribution in [0.2, 0.25) is 0 Å². The maximum atomic E-state index is 11.4. The van der Waals surface area contributed by atoms with E-state index in [2.05, 4.69) is 14.7 Å². The first-order valence-electron chi connectivity index (χ1n) is 5.98. The van der Waals surface area contributed by atoms with Crippen LogP contribution in [0.4, 0.5) is 0 Å². The second kappa shape index (κ2) is 7.24. The molecule has 0 saturated carbocycles. The van der Waals surface area contributed by atoms with Gasteiger partial charge >= 0.3 is 5.97 Å². The van der Waals surface area contributed by atoms with Gasteiger partial charge in [0, 0.05) is 6.92 Å². The van der Waals surface area contributed by atoms with E-state index in [1.807, 2.05) is 6.07 Å². The van der Waals surface area contributed by atoms with Crippen molar-refractivity contribution in [3.63, 3.8) is 0 Å². The summed E-state index contributed by atoms with van der Waals surface area (Å²) in [6.45, 7) is 1.48. The van der Waals surface area contributed by atoms with Crippen molar-refractivity contribution >= 4 is 33.3 Å². The smallest absolute Gasteiger partial charge is 0.356 e. The highest BCUT2D eigenvalue weighted by molar-refractivity contribution is 8.76. The Labute approximate surface area is 129 Å². The molecule has 5 nitrogen and oxygen atoms in total. The van der Waals surface area contributed by atoms with Gasteiger partial charge in [-0.25, -0.2) is 14.8 Å². The van der Waals surface area contributed by atoms with E-state index in [0.717, 1.165) is 0 Å². The molecule has 0 unspecified atom stereocenters. The van der Waals surface area contributed by atoms with Gasteiger partial charge in [-0.05, 0) is 45.9 Å². The van der Waals surface area contributed by atoms with Gasteiger partial charge in [-0.2, -0.15) is 0 Å². The summed E-state index contributed by atoms with van der Waals surface area (Å²) in [4.78, 5) is 31.1. The van der Waals surface area contributed by atoms with Crippen molar-refractivity contribution < 1.29 is 14.3 Å². The number of ether oxygens (including phenoxy) is 1. The molecule has 2 heterocycles. The summed E-state index contributed by atoms with van der Waals surface area (Å²) in [6.07, 6.45) is 0. The van der Waals surface area contributed by atoms with E-state index in [-0.39, 0.29) is 11.5 Å². The van der Waals surface area contributed by atoms with E-state index in [4.69, 9.17) is 0 Å². The minimum atomic E-state index is -0.473. The van der Waals surface area contributed by atoms with E-state index in [9.17, 15) is 9.59 Å². The van der Waals surface area contributed by atoms with Crippen LogP contribution in [0.25, 0.3) is 0 Å². The predicted molar refractivity (Wildman–Crippen MR) is 81.5 cm³/mol. The summed E-state index contributed by atoms with van der Waals surface area (Å²) in [6, 6.07) is 10.4. The predicted octanol–water partition coefficient (Wildman–Crippen LogP) is 3.27. The maximum Gasteiger partial charge on any atom is 0.356 e. The molecule has 0 aromatic carbocycles. The molecular formula is C14H12N2O3S2. The minimum Gasteiger partial charge on any atom is -0.464 e. The molecule has 2 aromatic rings. The fourth-order valence-corrected chi connectivity index (χ4v) is 3.20. The number of Topliss-reactive ketones (excluding diaryl/α,β-unsaturated/α-hetero) is 1. The molecule has 0 bridgehead atoms. The van der Waals surface area contributed by atoms with Crippen LogP contribution in [-0.4, -0.2) is 28.8 Å². The third kappa shape index (κ3) is 4.30. The van der Waals surface area contributed by atoms with Crippen molar-refractivity contribution in [2.45, 2.75) is 17.0 Å². The van der Waals surface area contributed by atoms with Crippen LogP contribution in [0, 0.1) is 0 Å². The van der Waals surface area contributed by atoms with Gasteiger partial charge < -0.3 is 4.74 Å². The van der Waals surface area contributed by atoms with Gasteiger partial charge in [0.05, 0.1) is 7.11 Å². The van der Waals surface area contributed by atoms with Crippen LogP contribution in [0.3, 0.4) is 0 Å². The SMILES string of the molecule is COC(=O)c1cccc(SSc2cccc(C(C)=O)n2)n1. The molecule has 2 rings (SSSR count). The molecule has 0 saturated heterocycles. The first-order chi connectivity index (χ1) is 10.1. The van der Waals surface area contributed by atoms with E-state index in [0.29, 0.717) is 15.7 Å². The molecular weight excluding hydrogens is 308 g/mol. The van der Waals surface area contributed by atoms with Crippen LogP contribution in [-0.2, 0) is 4.74 Å². The monoisotopic (exact) mass is 320 g/mol. The van der Waals surface area contributed by atoms with Crippen molar-refractivity contribution in [2.75, 3.05) is 7.11 Å². The van der Waals surface area contributed by atoms with Crippen LogP contribution in [0.1, 0.15) is 27.9 Å². The number of hydrogen-bond acceptors (Lipinski definition) is 7. The lowest BCUT2D eigenvalue weighted by molar-refractivity contribution is 0.0593. The lowest BCUT2D eigenvalue weighted by Gasteiger charge is -2.03. The average molecular weight is 320 g/mol. The van der Waals surface area contributed by atoms with Crippen LogP contribution in [0.15, 0.2) is 46.5 Å². The van der Waals surface area contributed by atoms with Crippen molar-refractivity contribution in [2.24, 2.45) is 0 Å². The molecule has 0 atom stereocenters. The van der Waals surface area contributed by atoms with Gasteiger partial charge in [-0.15, -0.1) is 0 Å². The Hall–Kier alpha value is -1.86. The molecule has 0 aliphatic rings. The number of nitrogens with zero attached hydrogens (tertiary/aromatic N) is 2. The Morgan fingerprint density at radius 1 is 0.952 bits per heavy atom. The molecule has 2 aromatic heterocycles. The second-order valence-electron chi connectivity index (χ2n) is 3.94. The number of aromatic nitrogens is 2. The van der Waals surface area contributed by atoms with Gasteiger partial charge in [0.25, 0.3) is 0 Å². The van der Waals surface area contributed by atoms with Crippen molar-refractivity contribution in [1.29, 1.82) is 0 Å². The van der Waals surface area contributed by atoms with Gasteiger partial charge in [0.15, 0.2) is 5.78 Å². The number of esters is 1. The highest BCUT2D eigenvalue weighted by Crippen LogP contribution is 2.35. The molecule has 0 aliphatic carbocycles. The number of rotatable bonds is 5. The standard InChI is InChI=1S/C14H12N2O3S2/c1-9(17)10-5-3-7-12(15-10)20-21-13-8-4-6-11(16-13)14(18)19-2/h3-8H,1-2H3. The number of methoxy groups -OCH3 is 1. The number of hydrogen-bond donors (Lipinski definition) is 0. The van der Waals surface area contributed by atoms with Crippen LogP contribution < -0.4 is 0 Å². The quantitative estimate of drug-likeness (QED) is 0.476. The summed E-state index contributed by atoms with van der Waals surface area (Å²) in [5.41, 5.74) is 0.686. The Kier molecular flexibility index (Phi) is 5.35. The maximum absolute atomic E-state index is 11.4. The van der Waals surface area contributed by atoms with Gasteiger partial charge in [-0.1, -0.05) is 12.1 Å². The first-order valence-corrected chi connectivity index (χ1v) is 8.13. The van der Waals surface area contributed by atoms with E-state index >= 15 is 0 Å². The fraction of sp³-hybridized carbons (Fsp3) is 0.143. The van der Waals surface area contributed by atoms with E-state index in [1.54, 1.807) is 30.3 Å². The summed E-state index contributed by atoms with van der Waals surface area (Å²) < 4.78 is 4.63. The van der Waals surface area contributed by atoms with Crippen molar-refractivity contribution in [1.82, 2.24) is 9.97 Å². The fourth-order valence-electron chi connectivity index (χ4n) is 1.42. The lowest BCUT2D eigenvalue weighted by Crippen LogP contribution is -2.03. The first kappa shape index (κ1) is 15.5. The normalized spacial score (nSPS) is 10.2. The molecule has 108 valence electrons. The molecule has 0 radical (unpaired) electrons. The van der Waals surface area contributed by atoms with E-state index < -0.39 is 5.97 Å². The highest BCUT2D eigenvalue weighted by Gasteiger charge is 2.09. The van der Waals surface area contributed by atoms with E-state index in [1.165, 1.54) is 35.6 Å². The molecule has 0 amide bonds. The molecule has 7 heteroatoms. The summed E-state index contributed by atoms with van der Waals surface area (Å²) in [7, 11) is 4.05. The lowest BCUT2D eigenvalue weighted by atomic mass is 10.3. The van der Waals surface area contributed by atoms with Gasteiger partial charge in [0.2, 0.25) is 0 Å². The van der Waals surface area contributed by atoms with Crippen LogP contribution in [0.5, 0.6) is 0 Å². The zero-order chi connectivity index (χ0) is 15.2. The number of pyridine rings is 2. The highest BCUT2D eigenvalue weighted by atomic mass is 33.1. The van der Waals surface area contributed by atoms with Crippen molar-refractivity contribution in [3.05, 3.63) is 47.8 Å². The second-order valence-corrected chi connectivity index (χ2v) is 6.11. The van der Waals surface area contributed by atoms with Gasteiger partial charge in [-0.3, -0.25) is 4.79 Å². The largest absolute Gasteiger partial charge is 0.464 e. The minimum absolute atomic E-state index is 0.0757. The Bertz CT molecular complexity index is 677. The molecule has 0 N–H and O–H groups in total. The third-order valence-electron chi connectivity index (χ3n) is 2.41. The Morgan fingerprint density at radius 3 is 2.00 bits per heavy atom. The number of carbonyl (C=O) groups excluding carboxylic acids is 2. The summed E-state index contributed by atoms with van der Waals surface area (Å²) >= 11 is 0. The molecule has 0 spiro atoms. The number of ketones is 1. The molecule has 0 aliphatic heterocycles. The third-order valence-corrected chi connectivity index (χ3v) is 4.57. The van der Waals surface area contributed by atoms with Crippen LogP contribution >= 0.6 is 21.6 Å². The zero-order valence-electron chi connectivity index (χ0n) is 11.4. The van der Waals surface area contributed by atoms with Crippen molar-refractivity contribution in [3.8, 4) is 0 Å². The average Bonchev–Trinajstić information content (AvgIpc) is 2.52. The summed E-state index contributed by atoms with van der Waals surface area (Å²) in [5.74, 6) is -0.549. The Morgan fingerprint density at radius 2 is 1.48 bits per heavy atom. The molecule has 21 heavy (non-hydrogen) atoms. The topological polar surface area (TPSA) is 69.2 Å².